The maximum Gasteiger partial charge on any atom is 0.338 e. The van der Waals surface area contributed by atoms with E-state index < -0.39 is 45.2 Å². The molecular weight excluding hydrogens is 494 g/mol. The summed E-state index contributed by atoms with van der Waals surface area (Å²) in [6, 6.07) is 5.81. The number of nitrogens with zero attached hydrogens (tertiary/aromatic N) is 1. The third-order valence-corrected chi connectivity index (χ3v) is 7.57. The van der Waals surface area contributed by atoms with Gasteiger partial charge in [-0.3, -0.25) is 9.59 Å². The molecule has 0 spiro atoms. The van der Waals surface area contributed by atoms with Gasteiger partial charge in [-0.15, -0.1) is 0 Å². The number of rotatable bonds is 11. The fourth-order valence-corrected chi connectivity index (χ4v) is 4.29. The molecule has 0 aromatic heterocycles. The van der Waals surface area contributed by atoms with Gasteiger partial charge in [-0.25, -0.2) is 9.00 Å². The van der Waals surface area contributed by atoms with E-state index in [0.717, 1.165) is 4.31 Å². The highest BCUT2D eigenvalue weighted by molar-refractivity contribution is 7.84. The number of hydrogen-bond acceptors (Lipinski definition) is 7. The largest absolute Gasteiger partial charge is 0.461 e. The van der Waals surface area contributed by atoms with E-state index in [1.165, 1.54) is 24.3 Å². The molecule has 0 bridgehead atoms. The fraction of sp³-hybridized carbons (Fsp3) is 0.679. The molecule has 0 saturated carbocycles. The molecule has 2 unspecified atom stereocenters. The van der Waals surface area contributed by atoms with E-state index in [1.807, 2.05) is 62.3 Å². The number of ether oxygens (including phenoxy) is 2. The highest BCUT2D eigenvalue weighted by atomic mass is 32.2. The van der Waals surface area contributed by atoms with Crippen molar-refractivity contribution in [2.24, 2.45) is 10.8 Å². The van der Waals surface area contributed by atoms with Crippen LogP contribution >= 0.6 is 0 Å². The Hall–Kier alpha value is -2.10. The van der Waals surface area contributed by atoms with E-state index in [9.17, 15) is 23.7 Å². The van der Waals surface area contributed by atoms with Gasteiger partial charge in [0.2, 0.25) is 11.8 Å². The van der Waals surface area contributed by atoms with E-state index in [1.54, 1.807) is 6.92 Å². The summed E-state index contributed by atoms with van der Waals surface area (Å²) in [7, 11) is -1.93. The topological polar surface area (TPSA) is 110 Å². The first-order valence-corrected chi connectivity index (χ1v) is 14.2. The first-order chi connectivity index (χ1) is 17.2. The summed E-state index contributed by atoms with van der Waals surface area (Å²) in [5.41, 5.74) is -1.45. The minimum atomic E-state index is -1.93. The minimum Gasteiger partial charge on any atom is -0.461 e. The maximum atomic E-state index is 12.5. The van der Waals surface area contributed by atoms with Gasteiger partial charge in [-0.05, 0) is 37.6 Å². The summed E-state index contributed by atoms with van der Waals surface area (Å²) in [4.78, 5) is 36.2. The van der Waals surface area contributed by atoms with Crippen LogP contribution in [0.2, 0.25) is 0 Å². The van der Waals surface area contributed by atoms with Gasteiger partial charge in [0.15, 0.2) is 11.0 Å². The lowest BCUT2D eigenvalue weighted by molar-refractivity contribution is -0.132. The first kappa shape index (κ1) is 34.9. The van der Waals surface area contributed by atoms with Crippen molar-refractivity contribution in [3.05, 3.63) is 29.8 Å². The van der Waals surface area contributed by atoms with Crippen molar-refractivity contribution in [2.45, 2.75) is 99.0 Å². The van der Waals surface area contributed by atoms with Crippen LogP contribution in [0.1, 0.15) is 98.9 Å². The van der Waals surface area contributed by atoms with Crippen molar-refractivity contribution >= 4 is 28.8 Å². The molecule has 0 aliphatic carbocycles. The molecule has 1 N–H and O–H groups in total. The predicted molar refractivity (Wildman–Crippen MR) is 146 cm³/mol. The number of esters is 1. The van der Waals surface area contributed by atoms with Gasteiger partial charge < -0.3 is 14.6 Å². The molecule has 1 aliphatic heterocycles. The molecule has 9 heteroatoms. The zero-order valence-electron chi connectivity index (χ0n) is 24.3. The Balaban J connectivity index is 0.00000308. The number of imide groups is 1. The van der Waals surface area contributed by atoms with Crippen molar-refractivity contribution in [1.82, 2.24) is 4.31 Å². The molecule has 2 amide bonds. The molecule has 2 atom stereocenters. The second kappa shape index (κ2) is 15.3. The van der Waals surface area contributed by atoms with E-state index in [4.69, 9.17) is 9.47 Å². The van der Waals surface area contributed by atoms with Crippen molar-refractivity contribution < 1.29 is 33.2 Å². The third-order valence-electron chi connectivity index (χ3n) is 6.16. The lowest BCUT2D eigenvalue weighted by Gasteiger charge is -2.40. The van der Waals surface area contributed by atoms with E-state index in [0.29, 0.717) is 19.6 Å². The van der Waals surface area contributed by atoms with Crippen LogP contribution in [0.5, 0.6) is 0 Å². The van der Waals surface area contributed by atoms with Crippen molar-refractivity contribution in [2.75, 3.05) is 19.8 Å². The SMILES string of the molecule is CC.CC.CCC(C)(O)C(C)(C)COCC(C)(C)COC(=O)c1ccc(S(=O)N2C(=O)CCC2=O)cc1. The molecule has 0 radical (unpaired) electrons. The maximum absolute atomic E-state index is 12.5. The van der Waals surface area contributed by atoms with Crippen LogP contribution < -0.4 is 0 Å². The van der Waals surface area contributed by atoms with Crippen LogP contribution in [0, 0.1) is 10.8 Å². The van der Waals surface area contributed by atoms with Crippen LogP contribution in [0.15, 0.2) is 29.2 Å². The average Bonchev–Trinajstić information content (AvgIpc) is 3.21. The minimum absolute atomic E-state index is 0.0594. The molecule has 37 heavy (non-hydrogen) atoms. The zero-order valence-corrected chi connectivity index (χ0v) is 25.1. The van der Waals surface area contributed by atoms with Crippen LogP contribution in [-0.4, -0.2) is 56.8 Å². The summed E-state index contributed by atoms with van der Waals surface area (Å²) < 4.78 is 24.6. The summed E-state index contributed by atoms with van der Waals surface area (Å²) in [6.07, 6.45) is 0.731. The molecule has 1 aliphatic rings. The Morgan fingerprint density at radius 2 is 1.41 bits per heavy atom. The number of carbonyl (C=O) groups excluding carboxylic acids is 3. The van der Waals surface area contributed by atoms with Gasteiger partial charge in [-0.1, -0.05) is 62.3 Å². The Kier molecular flexibility index (Phi) is 14.5. The number of carbonyl (C=O) groups is 3. The molecular formula is C28H47NO7S. The lowest BCUT2D eigenvalue weighted by Crippen LogP contribution is -2.45. The second-order valence-electron chi connectivity index (χ2n) is 10.1. The van der Waals surface area contributed by atoms with Crippen LogP contribution in [0.4, 0.5) is 0 Å². The van der Waals surface area contributed by atoms with Crippen LogP contribution in [0.25, 0.3) is 0 Å². The van der Waals surface area contributed by atoms with Crippen LogP contribution in [0.3, 0.4) is 0 Å². The molecule has 8 nitrogen and oxygen atoms in total. The van der Waals surface area contributed by atoms with E-state index in [2.05, 4.69) is 0 Å². The summed E-state index contributed by atoms with van der Waals surface area (Å²) in [5.74, 6) is -1.47. The van der Waals surface area contributed by atoms with Gasteiger partial charge in [0.25, 0.3) is 0 Å². The summed E-state index contributed by atoms with van der Waals surface area (Å²) in [5, 5.41) is 10.5. The quantitative estimate of drug-likeness (QED) is 0.299. The van der Waals surface area contributed by atoms with Crippen molar-refractivity contribution in [3.8, 4) is 0 Å². The third kappa shape index (κ3) is 9.94. The predicted octanol–water partition coefficient (Wildman–Crippen LogP) is 5.30. The van der Waals surface area contributed by atoms with E-state index >= 15 is 0 Å². The standard InChI is InChI=1S/C24H35NO7S.2C2H6/c1-7-24(6,29)23(4,5)16-31-14-22(2,3)15-32-21(28)17-8-10-18(11-9-17)33(30)25-19(26)12-13-20(25)27;2*1-2/h8-11,29H,7,12-16H2,1-6H3;2*1-2H3. The zero-order chi connectivity index (χ0) is 29.0. The Labute approximate surface area is 225 Å². The molecule has 1 fully saturated rings. The molecule has 212 valence electrons. The van der Waals surface area contributed by atoms with Gasteiger partial charge >= 0.3 is 5.97 Å². The monoisotopic (exact) mass is 541 g/mol. The lowest BCUT2D eigenvalue weighted by atomic mass is 9.75. The van der Waals surface area contributed by atoms with Gasteiger partial charge in [0.05, 0.1) is 35.9 Å². The van der Waals surface area contributed by atoms with Gasteiger partial charge in [0.1, 0.15) is 0 Å². The Morgan fingerprint density at radius 1 is 0.919 bits per heavy atom. The number of benzene rings is 1. The van der Waals surface area contributed by atoms with Crippen LogP contribution in [-0.2, 0) is 30.0 Å². The average molecular weight is 542 g/mol. The van der Waals surface area contributed by atoms with Crippen molar-refractivity contribution in [3.63, 3.8) is 0 Å². The fourth-order valence-electron chi connectivity index (χ4n) is 3.16. The molecule has 1 saturated heterocycles. The van der Waals surface area contributed by atoms with E-state index in [-0.39, 0.29) is 29.9 Å². The number of amides is 2. The first-order valence-electron chi connectivity index (χ1n) is 13.1. The Morgan fingerprint density at radius 3 is 1.86 bits per heavy atom. The van der Waals surface area contributed by atoms with Gasteiger partial charge in [-0.2, -0.15) is 4.31 Å². The van der Waals surface area contributed by atoms with Gasteiger partial charge in [0, 0.05) is 23.7 Å². The highest BCUT2D eigenvalue weighted by Crippen LogP contribution is 2.34. The van der Waals surface area contributed by atoms with Crippen molar-refractivity contribution in [1.29, 1.82) is 0 Å². The Bertz CT molecular complexity index is 892. The summed E-state index contributed by atoms with van der Waals surface area (Å²) in [6.45, 7) is 20.3. The molecule has 1 heterocycles. The molecule has 1 aromatic carbocycles. The second-order valence-corrected chi connectivity index (χ2v) is 11.4. The highest BCUT2D eigenvalue weighted by Gasteiger charge is 2.38. The number of hydrogen-bond donors (Lipinski definition) is 1. The molecule has 2 rings (SSSR count). The molecule has 1 aromatic rings. The summed E-state index contributed by atoms with van der Waals surface area (Å²) >= 11 is 0. The number of aliphatic hydroxyl groups is 1. The normalized spacial score (nSPS) is 16.1. The smallest absolute Gasteiger partial charge is 0.338 e.